The van der Waals surface area contributed by atoms with Crippen molar-refractivity contribution >= 4 is 28.1 Å². The number of carbonyl (C=O) groups excluding carboxylic acids is 1. The normalized spacial score (nSPS) is 10.6. The van der Waals surface area contributed by atoms with Crippen LogP contribution in [0.2, 0.25) is 0 Å². The molecule has 0 atom stereocenters. The van der Waals surface area contributed by atoms with Crippen LogP contribution in [0.3, 0.4) is 0 Å². The van der Waals surface area contributed by atoms with Crippen LogP contribution in [0.5, 0.6) is 0 Å². The Morgan fingerprint density at radius 2 is 1.81 bits per heavy atom. The number of anilines is 1. The highest BCUT2D eigenvalue weighted by atomic mass is 32.1. The van der Waals surface area contributed by atoms with Crippen LogP contribution in [-0.2, 0) is 0 Å². The Hall–Kier alpha value is -3.06. The molecule has 0 unspecified atom stereocenters. The highest BCUT2D eigenvalue weighted by Gasteiger charge is 2.19. The number of aromatic nitrogens is 1. The van der Waals surface area contributed by atoms with Gasteiger partial charge in [0.1, 0.15) is 0 Å². The molecule has 0 saturated heterocycles. The van der Waals surface area contributed by atoms with Gasteiger partial charge in [0.15, 0.2) is 5.13 Å². The predicted octanol–water partition coefficient (Wildman–Crippen LogP) is 4.90. The Labute approximate surface area is 154 Å². The van der Waals surface area contributed by atoms with E-state index in [1.807, 2.05) is 38.1 Å². The van der Waals surface area contributed by atoms with Gasteiger partial charge in [-0.05, 0) is 26.8 Å². The van der Waals surface area contributed by atoms with Crippen molar-refractivity contribution in [2.24, 2.45) is 0 Å². The first kappa shape index (κ1) is 17.8. The number of nitrogens with zero attached hydrogens (tertiary/aromatic N) is 2. The molecule has 0 fully saturated rings. The maximum Gasteiger partial charge on any atom is 0.273 e. The Morgan fingerprint density at radius 3 is 2.46 bits per heavy atom. The maximum absolute atomic E-state index is 12.5. The molecule has 0 aliphatic rings. The van der Waals surface area contributed by atoms with Gasteiger partial charge in [0.2, 0.25) is 0 Å². The number of hydrogen-bond donors (Lipinski definition) is 1. The molecular weight excluding hydrogens is 350 g/mol. The second-order valence-electron chi connectivity index (χ2n) is 5.95. The summed E-state index contributed by atoms with van der Waals surface area (Å²) >= 11 is 1.38. The summed E-state index contributed by atoms with van der Waals surface area (Å²) in [6.45, 7) is 5.53. The molecule has 1 aromatic heterocycles. The minimum absolute atomic E-state index is 0.0756. The molecule has 1 heterocycles. The summed E-state index contributed by atoms with van der Waals surface area (Å²) in [6.07, 6.45) is 0. The number of hydrogen-bond acceptors (Lipinski definition) is 5. The number of nitro benzene ring substituents is 1. The first-order valence-corrected chi connectivity index (χ1v) is 8.78. The number of nitrogens with one attached hydrogen (secondary N) is 1. The van der Waals surface area contributed by atoms with Crippen molar-refractivity contribution in [1.82, 2.24) is 4.98 Å². The number of rotatable bonds is 4. The fraction of sp³-hybridized carbons (Fsp3) is 0.158. The smallest absolute Gasteiger partial charge is 0.273 e. The lowest BCUT2D eigenvalue weighted by atomic mass is 10.1. The summed E-state index contributed by atoms with van der Waals surface area (Å²) in [5.74, 6) is -0.407. The molecule has 7 heteroatoms. The van der Waals surface area contributed by atoms with Gasteiger partial charge in [0.25, 0.3) is 11.6 Å². The molecule has 0 radical (unpaired) electrons. The molecule has 0 saturated carbocycles. The summed E-state index contributed by atoms with van der Waals surface area (Å²) < 4.78 is 0. The van der Waals surface area contributed by atoms with Gasteiger partial charge in [-0.15, -0.1) is 11.3 Å². The van der Waals surface area contributed by atoms with Crippen molar-refractivity contribution in [3.05, 3.63) is 74.1 Å². The lowest BCUT2D eigenvalue weighted by molar-refractivity contribution is -0.385. The Morgan fingerprint density at radius 1 is 1.12 bits per heavy atom. The summed E-state index contributed by atoms with van der Waals surface area (Å²) in [4.78, 5) is 28.6. The lowest BCUT2D eigenvalue weighted by Gasteiger charge is -2.05. The molecule has 2 aromatic carbocycles. The van der Waals surface area contributed by atoms with Crippen LogP contribution >= 0.6 is 11.3 Å². The van der Waals surface area contributed by atoms with Gasteiger partial charge in [0.05, 0.1) is 10.6 Å². The zero-order chi connectivity index (χ0) is 18.8. The maximum atomic E-state index is 12.5. The molecule has 0 spiro atoms. The zero-order valence-electron chi connectivity index (χ0n) is 14.6. The second kappa shape index (κ2) is 7.05. The van der Waals surface area contributed by atoms with Crippen molar-refractivity contribution in [3.8, 4) is 11.3 Å². The van der Waals surface area contributed by atoms with E-state index in [1.165, 1.54) is 23.5 Å². The van der Waals surface area contributed by atoms with E-state index in [4.69, 9.17) is 0 Å². The van der Waals surface area contributed by atoms with Gasteiger partial charge in [-0.3, -0.25) is 20.2 Å². The van der Waals surface area contributed by atoms with Gasteiger partial charge >= 0.3 is 0 Å². The number of carbonyl (C=O) groups is 1. The number of amides is 1. The molecule has 26 heavy (non-hydrogen) atoms. The van der Waals surface area contributed by atoms with Crippen molar-refractivity contribution in [2.45, 2.75) is 20.8 Å². The molecule has 1 amide bonds. The third-order valence-corrected chi connectivity index (χ3v) is 4.97. The van der Waals surface area contributed by atoms with Crippen molar-refractivity contribution in [2.75, 3.05) is 5.32 Å². The Bertz CT molecular complexity index is 994. The largest absolute Gasteiger partial charge is 0.298 e. The van der Waals surface area contributed by atoms with Crippen molar-refractivity contribution < 1.29 is 9.72 Å². The summed E-state index contributed by atoms with van der Waals surface area (Å²) in [5.41, 5.74) is 3.49. The van der Waals surface area contributed by atoms with Gasteiger partial charge in [-0.2, -0.15) is 0 Å². The van der Waals surface area contributed by atoms with Crippen LogP contribution in [-0.4, -0.2) is 15.8 Å². The van der Waals surface area contributed by atoms with Crippen molar-refractivity contribution in [3.63, 3.8) is 0 Å². The highest BCUT2D eigenvalue weighted by Crippen LogP contribution is 2.31. The van der Waals surface area contributed by atoms with Crippen LogP contribution in [0.4, 0.5) is 10.8 Å². The van der Waals surface area contributed by atoms with E-state index in [0.29, 0.717) is 10.7 Å². The fourth-order valence-electron chi connectivity index (χ4n) is 2.66. The van der Waals surface area contributed by atoms with Crippen LogP contribution < -0.4 is 5.32 Å². The highest BCUT2D eigenvalue weighted by molar-refractivity contribution is 7.16. The second-order valence-corrected chi connectivity index (χ2v) is 7.15. The minimum Gasteiger partial charge on any atom is -0.298 e. The summed E-state index contributed by atoms with van der Waals surface area (Å²) in [6, 6.07) is 12.5. The molecule has 0 aliphatic carbocycles. The molecular formula is C19H17N3O3S. The van der Waals surface area contributed by atoms with Crippen LogP contribution in [0, 0.1) is 30.9 Å². The lowest BCUT2D eigenvalue weighted by Crippen LogP contribution is -2.14. The number of nitro groups is 1. The topological polar surface area (TPSA) is 85.1 Å². The molecule has 6 nitrogen and oxygen atoms in total. The number of aryl methyl sites for hydroxylation is 2. The van der Waals surface area contributed by atoms with Gasteiger partial charge in [0, 0.05) is 27.6 Å². The average molecular weight is 367 g/mol. The summed E-state index contributed by atoms with van der Waals surface area (Å²) in [5, 5.41) is 14.3. The first-order chi connectivity index (χ1) is 12.4. The van der Waals surface area contributed by atoms with E-state index in [-0.39, 0.29) is 11.3 Å². The molecule has 132 valence electrons. The van der Waals surface area contributed by atoms with Crippen LogP contribution in [0.1, 0.15) is 26.4 Å². The summed E-state index contributed by atoms with van der Waals surface area (Å²) in [7, 11) is 0. The van der Waals surface area contributed by atoms with Crippen LogP contribution in [0.15, 0.2) is 42.5 Å². The Balaban J connectivity index is 1.87. The van der Waals surface area contributed by atoms with Crippen molar-refractivity contribution in [1.29, 1.82) is 0 Å². The van der Waals surface area contributed by atoms with E-state index in [9.17, 15) is 14.9 Å². The predicted molar refractivity (Wildman–Crippen MR) is 103 cm³/mol. The molecule has 3 rings (SSSR count). The molecule has 3 aromatic rings. The molecule has 0 aliphatic heterocycles. The quantitative estimate of drug-likeness (QED) is 0.525. The fourth-order valence-corrected chi connectivity index (χ4v) is 3.49. The third-order valence-electron chi connectivity index (χ3n) is 4.09. The van der Waals surface area contributed by atoms with E-state index in [0.717, 1.165) is 21.7 Å². The zero-order valence-corrected chi connectivity index (χ0v) is 15.4. The average Bonchev–Trinajstić information content (AvgIpc) is 2.95. The number of benzene rings is 2. The van der Waals surface area contributed by atoms with Gasteiger partial charge in [-0.1, -0.05) is 35.9 Å². The SMILES string of the molecule is Cc1ccc(-c2nc(NC(=O)c3cccc([N+](=O)[O-])c3C)sc2C)cc1. The monoisotopic (exact) mass is 367 g/mol. The van der Waals surface area contributed by atoms with E-state index in [2.05, 4.69) is 10.3 Å². The van der Waals surface area contributed by atoms with E-state index in [1.54, 1.807) is 13.0 Å². The van der Waals surface area contributed by atoms with Gasteiger partial charge < -0.3 is 0 Å². The first-order valence-electron chi connectivity index (χ1n) is 7.96. The molecule has 0 bridgehead atoms. The van der Waals surface area contributed by atoms with Crippen LogP contribution in [0.25, 0.3) is 11.3 Å². The number of thiazole rings is 1. The van der Waals surface area contributed by atoms with Gasteiger partial charge in [-0.25, -0.2) is 4.98 Å². The van der Waals surface area contributed by atoms with E-state index >= 15 is 0 Å². The Kier molecular flexibility index (Phi) is 4.81. The standard InChI is InChI=1S/C19H17N3O3S/c1-11-7-9-14(10-8-11)17-13(3)26-19(20-17)21-18(23)15-5-4-6-16(12(15)2)22(24)25/h4-10H,1-3H3,(H,20,21,23). The minimum atomic E-state index is -0.491. The molecule has 1 N–H and O–H groups in total. The third kappa shape index (κ3) is 3.48. The van der Waals surface area contributed by atoms with E-state index < -0.39 is 10.8 Å².